The van der Waals surface area contributed by atoms with Crippen LogP contribution in [0.15, 0.2) is 12.2 Å². The molecule has 0 spiro atoms. The summed E-state index contributed by atoms with van der Waals surface area (Å²) in [6, 6.07) is 0. The maximum absolute atomic E-state index is 11.6. The van der Waals surface area contributed by atoms with Crippen LogP contribution >= 0.6 is 0 Å². The monoisotopic (exact) mass is 291 g/mol. The van der Waals surface area contributed by atoms with Crippen molar-refractivity contribution in [2.75, 3.05) is 0 Å². The minimum absolute atomic E-state index is 0.0526. The van der Waals surface area contributed by atoms with Crippen molar-refractivity contribution in [2.45, 2.75) is 39.5 Å². The van der Waals surface area contributed by atoms with Crippen LogP contribution in [0.25, 0.3) is 0 Å². The summed E-state index contributed by atoms with van der Waals surface area (Å²) in [6.45, 7) is 7.29. The number of esters is 1. The van der Waals surface area contributed by atoms with E-state index in [2.05, 4.69) is 18.2 Å². The van der Waals surface area contributed by atoms with E-state index < -0.39 is 5.97 Å². The SMILES string of the molecule is C=C(C(=O)OC#N)C1CC[C@@H](C)[C@H](CCC(C)=O)C1C=O. The molecule has 0 radical (unpaired) electrons. The van der Waals surface area contributed by atoms with E-state index in [-0.39, 0.29) is 29.1 Å². The van der Waals surface area contributed by atoms with Crippen molar-refractivity contribution in [3.05, 3.63) is 12.2 Å². The number of rotatable bonds is 6. The van der Waals surface area contributed by atoms with Gasteiger partial charge in [0.2, 0.25) is 0 Å². The van der Waals surface area contributed by atoms with Gasteiger partial charge in [-0.3, -0.25) is 0 Å². The number of carbonyl (C=O) groups is 3. The second-order valence-corrected chi connectivity index (χ2v) is 5.79. The predicted molar refractivity (Wildman–Crippen MR) is 75.7 cm³/mol. The molecule has 5 nitrogen and oxygen atoms in total. The van der Waals surface area contributed by atoms with Crippen LogP contribution in [0.1, 0.15) is 39.5 Å². The summed E-state index contributed by atoms with van der Waals surface area (Å²) in [5, 5.41) is 8.41. The lowest BCUT2D eigenvalue weighted by Gasteiger charge is -2.39. The lowest BCUT2D eigenvalue weighted by molar-refractivity contribution is -0.134. The molecule has 1 rings (SSSR count). The van der Waals surface area contributed by atoms with Crippen molar-refractivity contribution in [3.63, 3.8) is 0 Å². The molecule has 1 fully saturated rings. The molecule has 21 heavy (non-hydrogen) atoms. The lowest BCUT2D eigenvalue weighted by Crippen LogP contribution is -2.37. The molecule has 5 heteroatoms. The Kier molecular flexibility index (Phi) is 6.29. The first-order valence-electron chi connectivity index (χ1n) is 7.16. The smallest absolute Gasteiger partial charge is 0.347 e. The van der Waals surface area contributed by atoms with Crippen LogP contribution in [-0.2, 0) is 19.1 Å². The minimum atomic E-state index is -0.769. The molecule has 2 unspecified atom stereocenters. The Labute approximate surface area is 125 Å². The highest BCUT2D eigenvalue weighted by Crippen LogP contribution is 2.43. The molecule has 0 heterocycles. The highest BCUT2D eigenvalue weighted by atomic mass is 16.5. The van der Waals surface area contributed by atoms with Crippen molar-refractivity contribution in [3.8, 4) is 6.26 Å². The summed E-state index contributed by atoms with van der Waals surface area (Å²) in [5.41, 5.74) is 0.174. The molecule has 114 valence electrons. The van der Waals surface area contributed by atoms with E-state index in [0.29, 0.717) is 25.2 Å². The summed E-state index contributed by atoms with van der Waals surface area (Å²) in [5.74, 6) is -0.971. The zero-order chi connectivity index (χ0) is 16.0. The Bertz CT molecular complexity index is 477. The molecule has 1 saturated carbocycles. The average Bonchev–Trinajstić information content (AvgIpc) is 2.44. The number of nitriles is 1. The number of hydrogen-bond acceptors (Lipinski definition) is 5. The van der Waals surface area contributed by atoms with Gasteiger partial charge in [-0.05, 0) is 38.0 Å². The molecule has 0 aromatic heterocycles. The number of aldehydes is 1. The molecule has 0 N–H and O–H groups in total. The molecule has 0 amide bonds. The van der Waals surface area contributed by atoms with E-state index in [0.717, 1.165) is 12.7 Å². The van der Waals surface area contributed by atoms with Crippen LogP contribution in [0.3, 0.4) is 0 Å². The lowest BCUT2D eigenvalue weighted by atomic mass is 9.64. The van der Waals surface area contributed by atoms with Gasteiger partial charge in [0, 0.05) is 23.8 Å². The van der Waals surface area contributed by atoms with Crippen molar-refractivity contribution >= 4 is 18.0 Å². The van der Waals surface area contributed by atoms with Gasteiger partial charge in [-0.1, -0.05) is 13.5 Å². The van der Waals surface area contributed by atoms with Crippen molar-refractivity contribution in [2.24, 2.45) is 23.7 Å². The van der Waals surface area contributed by atoms with Gasteiger partial charge in [-0.2, -0.15) is 0 Å². The molecule has 4 atom stereocenters. The van der Waals surface area contributed by atoms with Crippen LogP contribution in [0.5, 0.6) is 0 Å². The molecular weight excluding hydrogens is 270 g/mol. The Morgan fingerprint density at radius 2 is 2.10 bits per heavy atom. The highest BCUT2D eigenvalue weighted by Gasteiger charge is 2.40. The zero-order valence-corrected chi connectivity index (χ0v) is 12.5. The maximum atomic E-state index is 11.6. The normalized spacial score (nSPS) is 28.2. The Morgan fingerprint density at radius 1 is 1.43 bits per heavy atom. The van der Waals surface area contributed by atoms with Gasteiger partial charge in [-0.15, -0.1) is 5.26 Å². The van der Waals surface area contributed by atoms with Gasteiger partial charge in [0.1, 0.15) is 12.1 Å². The van der Waals surface area contributed by atoms with Crippen LogP contribution < -0.4 is 0 Å². The number of nitrogens with zero attached hydrogens (tertiary/aromatic N) is 1. The standard InChI is InChI=1S/C16H21NO4/c1-10-4-6-14(12(3)16(20)21-9-17)15(8-18)13(10)7-5-11(2)19/h8,10,13-15H,3-7H2,1-2H3/t10-,13+,14?,15?/m1/s1. The average molecular weight is 291 g/mol. The predicted octanol–water partition coefficient (Wildman–Crippen LogP) is 2.41. The minimum Gasteiger partial charge on any atom is -0.347 e. The third-order valence-electron chi connectivity index (χ3n) is 4.46. The van der Waals surface area contributed by atoms with Gasteiger partial charge >= 0.3 is 5.97 Å². The first-order chi connectivity index (χ1) is 9.92. The van der Waals surface area contributed by atoms with E-state index in [9.17, 15) is 14.4 Å². The number of hydrogen-bond donors (Lipinski definition) is 0. The molecule has 0 aromatic carbocycles. The van der Waals surface area contributed by atoms with E-state index in [1.54, 1.807) is 0 Å². The summed E-state index contributed by atoms with van der Waals surface area (Å²) in [4.78, 5) is 34.3. The van der Waals surface area contributed by atoms with Crippen LogP contribution in [-0.4, -0.2) is 18.0 Å². The summed E-state index contributed by atoms with van der Waals surface area (Å²) < 4.78 is 4.31. The van der Waals surface area contributed by atoms with Gasteiger partial charge in [-0.25, -0.2) is 4.79 Å². The number of Topliss-reactive ketones (excluding diaryl/α,β-unsaturated/α-hetero) is 1. The van der Waals surface area contributed by atoms with Crippen molar-refractivity contribution < 1.29 is 19.1 Å². The second kappa shape index (κ2) is 7.72. The zero-order valence-electron chi connectivity index (χ0n) is 12.5. The van der Waals surface area contributed by atoms with Gasteiger partial charge in [0.15, 0.2) is 0 Å². The molecule has 1 aliphatic rings. The highest BCUT2D eigenvalue weighted by molar-refractivity contribution is 5.89. The topological polar surface area (TPSA) is 84.2 Å². The van der Waals surface area contributed by atoms with Crippen molar-refractivity contribution in [1.82, 2.24) is 0 Å². The summed E-state index contributed by atoms with van der Waals surface area (Å²) in [6.07, 6.45) is 4.79. The first-order valence-corrected chi connectivity index (χ1v) is 7.16. The Morgan fingerprint density at radius 3 is 2.62 bits per heavy atom. The van der Waals surface area contributed by atoms with Crippen molar-refractivity contribution in [1.29, 1.82) is 5.26 Å². The number of carbonyl (C=O) groups excluding carboxylic acids is 3. The molecule has 1 aliphatic carbocycles. The fraction of sp³-hybridized carbons (Fsp3) is 0.625. The fourth-order valence-corrected chi connectivity index (χ4v) is 3.23. The molecule has 0 aliphatic heterocycles. The molecule has 0 saturated heterocycles. The Balaban J connectivity index is 2.88. The molecule has 0 aromatic rings. The second-order valence-electron chi connectivity index (χ2n) is 5.79. The van der Waals surface area contributed by atoms with E-state index >= 15 is 0 Å². The van der Waals surface area contributed by atoms with Crippen LogP contribution in [0, 0.1) is 35.2 Å². The fourth-order valence-electron chi connectivity index (χ4n) is 3.23. The van der Waals surface area contributed by atoms with Gasteiger partial charge in [0.25, 0.3) is 6.26 Å². The van der Waals surface area contributed by atoms with Crippen LogP contribution in [0.4, 0.5) is 0 Å². The Hall–Kier alpha value is -1.96. The molecular formula is C16H21NO4. The third kappa shape index (κ3) is 4.25. The van der Waals surface area contributed by atoms with E-state index in [1.165, 1.54) is 13.2 Å². The number of ketones is 1. The largest absolute Gasteiger partial charge is 0.349 e. The third-order valence-corrected chi connectivity index (χ3v) is 4.46. The van der Waals surface area contributed by atoms with Gasteiger partial charge in [0.05, 0.1) is 0 Å². The quantitative estimate of drug-likeness (QED) is 0.325. The maximum Gasteiger partial charge on any atom is 0.349 e. The molecule has 0 bridgehead atoms. The summed E-state index contributed by atoms with van der Waals surface area (Å²) >= 11 is 0. The van der Waals surface area contributed by atoms with Gasteiger partial charge < -0.3 is 14.3 Å². The van der Waals surface area contributed by atoms with Crippen LogP contribution in [0.2, 0.25) is 0 Å². The number of ether oxygens (including phenoxy) is 1. The van der Waals surface area contributed by atoms with E-state index in [4.69, 9.17) is 5.26 Å². The summed E-state index contributed by atoms with van der Waals surface area (Å²) in [7, 11) is 0. The first kappa shape index (κ1) is 17.1. The van der Waals surface area contributed by atoms with E-state index in [1.807, 2.05) is 0 Å².